The maximum atomic E-state index is 8.80. The molecule has 1 saturated heterocycles. The molecule has 0 aromatic rings. The fraction of sp³-hybridized carbons (Fsp3) is 0.750. The minimum Gasteiger partial charge on any atom is -0.810 e. The normalized spacial score (nSPS) is 17.7. The molecule has 4 nitrogen and oxygen atoms in total. The summed E-state index contributed by atoms with van der Waals surface area (Å²) in [6, 6.07) is 0. The van der Waals surface area contributed by atoms with E-state index in [4.69, 9.17) is 11.1 Å². The van der Waals surface area contributed by atoms with Gasteiger partial charge in [-0.05, 0) is 6.54 Å². The van der Waals surface area contributed by atoms with Crippen LogP contribution in [0.2, 0.25) is 0 Å². The molecule has 0 unspecified atom stereocenters. The van der Waals surface area contributed by atoms with Crippen LogP contribution in [0.5, 0.6) is 0 Å². The summed E-state index contributed by atoms with van der Waals surface area (Å²) in [7, 11) is 0. The predicted molar refractivity (Wildman–Crippen MR) is 71.7 cm³/mol. The average molecular weight is 313 g/mol. The Labute approximate surface area is 131 Å². The molecule has 0 aromatic carbocycles. The molecule has 0 amide bonds. The maximum Gasteiger partial charge on any atom is 0.0198 e. The van der Waals surface area contributed by atoms with E-state index in [-0.39, 0.29) is 32.7 Å². The third-order valence-electron chi connectivity index (χ3n) is 2.67. The minimum atomic E-state index is 0. The van der Waals surface area contributed by atoms with Gasteiger partial charge < -0.3 is 16.0 Å². The second-order valence-electron chi connectivity index (χ2n) is 3.56. The molecule has 1 aliphatic heterocycles. The van der Waals surface area contributed by atoms with Gasteiger partial charge in [0.15, 0.2) is 0 Å². The van der Waals surface area contributed by atoms with Gasteiger partial charge in [0.1, 0.15) is 0 Å². The maximum absolute atomic E-state index is 8.80. The zero-order valence-electron chi connectivity index (χ0n) is 11.3. The van der Waals surface area contributed by atoms with Gasteiger partial charge in [-0.3, -0.25) is 4.90 Å². The molecule has 1 rings (SSSR count). The third kappa shape index (κ3) is 8.03. The zero-order chi connectivity index (χ0) is 12.4. The zero-order valence-corrected chi connectivity index (χ0v) is 14.2. The van der Waals surface area contributed by atoms with Crippen molar-refractivity contribution in [2.24, 2.45) is 0 Å². The predicted octanol–water partition coefficient (Wildman–Crippen LogP) is 2.22. The van der Waals surface area contributed by atoms with E-state index in [1.54, 1.807) is 0 Å². The van der Waals surface area contributed by atoms with Crippen molar-refractivity contribution < 1.29 is 32.7 Å². The van der Waals surface area contributed by atoms with Crippen LogP contribution >= 0.6 is 0 Å². The largest absolute Gasteiger partial charge is 0.810 e. The smallest absolute Gasteiger partial charge is 0.0198 e. The molecule has 0 saturated carbocycles. The first kappa shape index (κ1) is 19.6. The van der Waals surface area contributed by atoms with E-state index in [1.807, 2.05) is 13.8 Å². The summed E-state index contributed by atoms with van der Waals surface area (Å²) in [6.45, 7) is 12.2. The van der Waals surface area contributed by atoms with Crippen LogP contribution in [0, 0.1) is 0 Å². The van der Waals surface area contributed by atoms with Crippen molar-refractivity contribution in [1.82, 2.24) is 9.80 Å². The topological polar surface area (TPSA) is 52.6 Å². The van der Waals surface area contributed by atoms with Crippen molar-refractivity contribution in [1.29, 1.82) is 0 Å². The standard InChI is InChI=1S/C10H18N4.C2H6.Y/c1-2-13-3-5-14(6-4-13)9-10(7-11)8-12;1-2;/h7-8,11H,2-6,9H2,1H3;1-2H3;/q-2;;/b10-7+;;. The van der Waals surface area contributed by atoms with Crippen molar-refractivity contribution in [3.63, 3.8) is 0 Å². The van der Waals surface area contributed by atoms with Crippen LogP contribution in [0.4, 0.5) is 0 Å². The van der Waals surface area contributed by atoms with Crippen molar-refractivity contribution in [2.75, 3.05) is 39.3 Å². The van der Waals surface area contributed by atoms with E-state index in [0.29, 0.717) is 12.1 Å². The van der Waals surface area contributed by atoms with Gasteiger partial charge in [0, 0.05) is 65.4 Å². The van der Waals surface area contributed by atoms with E-state index < -0.39 is 0 Å². The van der Waals surface area contributed by atoms with Crippen molar-refractivity contribution >= 4 is 6.21 Å². The third-order valence-corrected chi connectivity index (χ3v) is 2.67. The quantitative estimate of drug-likeness (QED) is 0.747. The molecule has 1 radical (unpaired) electrons. The fourth-order valence-electron chi connectivity index (χ4n) is 1.65. The Morgan fingerprint density at radius 2 is 1.65 bits per heavy atom. The monoisotopic (exact) mass is 313 g/mol. The van der Waals surface area contributed by atoms with Crippen LogP contribution in [0.15, 0.2) is 11.8 Å². The van der Waals surface area contributed by atoms with E-state index in [0.717, 1.165) is 38.9 Å². The number of nitrogens with zero attached hydrogens (tertiary/aromatic N) is 3. The van der Waals surface area contributed by atoms with E-state index in [2.05, 4.69) is 16.7 Å². The number of likely N-dealkylation sites (N-methyl/N-ethyl adjacent to an activating group) is 1. The van der Waals surface area contributed by atoms with E-state index >= 15 is 0 Å². The van der Waals surface area contributed by atoms with E-state index in [1.165, 1.54) is 6.20 Å². The summed E-state index contributed by atoms with van der Waals surface area (Å²) >= 11 is 0. The number of piperazine rings is 1. The number of rotatable bonds is 4. The molecule has 1 aliphatic rings. The van der Waals surface area contributed by atoms with Gasteiger partial charge in [0.25, 0.3) is 0 Å². The van der Waals surface area contributed by atoms with Gasteiger partial charge in [-0.2, -0.15) is 12.4 Å². The summed E-state index contributed by atoms with van der Waals surface area (Å²) in [6.07, 6.45) is 2.24. The average Bonchev–Trinajstić information content (AvgIpc) is 2.39. The summed E-state index contributed by atoms with van der Waals surface area (Å²) < 4.78 is 0. The van der Waals surface area contributed by atoms with Crippen LogP contribution in [-0.4, -0.2) is 55.3 Å². The Kier molecular flexibility index (Phi) is 14.6. The van der Waals surface area contributed by atoms with Gasteiger partial charge in [-0.1, -0.05) is 26.3 Å². The molecule has 1 fully saturated rings. The second kappa shape index (κ2) is 12.7. The first-order valence-corrected chi connectivity index (χ1v) is 6.08. The summed E-state index contributed by atoms with van der Waals surface area (Å²) in [5, 5.41) is 8.80. The molecule has 1 N–H and O–H groups in total. The molecule has 97 valence electrons. The Morgan fingerprint density at radius 3 is 2.00 bits per heavy atom. The van der Waals surface area contributed by atoms with Crippen LogP contribution < -0.4 is 0 Å². The molecule has 0 spiro atoms. The Hall–Kier alpha value is 0.234. The van der Waals surface area contributed by atoms with Crippen LogP contribution in [0.25, 0.3) is 11.1 Å². The van der Waals surface area contributed by atoms with Gasteiger partial charge in [0.2, 0.25) is 0 Å². The van der Waals surface area contributed by atoms with Crippen molar-refractivity contribution in [3.8, 4) is 0 Å². The number of nitrogens with one attached hydrogen (secondary N) is 1. The summed E-state index contributed by atoms with van der Waals surface area (Å²) in [5.41, 5.74) is 7.74. The molecule has 0 aliphatic carbocycles. The molecule has 1 heterocycles. The van der Waals surface area contributed by atoms with Crippen LogP contribution in [0.1, 0.15) is 20.8 Å². The first-order chi connectivity index (χ1) is 7.80. The Morgan fingerprint density at radius 1 is 1.18 bits per heavy atom. The van der Waals surface area contributed by atoms with E-state index in [9.17, 15) is 0 Å². The molecule has 17 heavy (non-hydrogen) atoms. The SMILES string of the molecule is CC.CCN1CCN(C/C(C=[N-])=C/[NH-])CC1.[Y]. The molecular formula is C12H24N4Y-2. The number of hydrogen-bond acceptors (Lipinski definition) is 2. The number of hydrogen-bond donors (Lipinski definition) is 0. The van der Waals surface area contributed by atoms with Gasteiger partial charge >= 0.3 is 0 Å². The van der Waals surface area contributed by atoms with Gasteiger partial charge in [0.05, 0.1) is 0 Å². The second-order valence-corrected chi connectivity index (χ2v) is 3.56. The van der Waals surface area contributed by atoms with Crippen molar-refractivity contribution in [3.05, 3.63) is 22.9 Å². The Bertz CT molecular complexity index is 211. The Balaban J connectivity index is 0. The summed E-state index contributed by atoms with van der Waals surface area (Å²) in [5.74, 6) is 0. The molecule has 0 atom stereocenters. The minimum absolute atomic E-state index is 0. The molecular weight excluding hydrogens is 289 g/mol. The van der Waals surface area contributed by atoms with Crippen LogP contribution in [-0.2, 0) is 32.7 Å². The molecule has 5 heteroatoms. The summed E-state index contributed by atoms with van der Waals surface area (Å²) in [4.78, 5) is 4.67. The van der Waals surface area contributed by atoms with Gasteiger partial charge in [-0.15, -0.1) is 0 Å². The van der Waals surface area contributed by atoms with Crippen molar-refractivity contribution in [2.45, 2.75) is 20.8 Å². The molecule has 0 aromatic heterocycles. The van der Waals surface area contributed by atoms with Gasteiger partial charge in [-0.25, -0.2) is 0 Å². The molecule has 0 bridgehead atoms. The first-order valence-electron chi connectivity index (χ1n) is 6.08. The van der Waals surface area contributed by atoms with Crippen LogP contribution in [0.3, 0.4) is 0 Å². The fourth-order valence-corrected chi connectivity index (χ4v) is 1.65.